The maximum absolute atomic E-state index is 13.6. The molecule has 40 heavy (non-hydrogen) atoms. The van der Waals surface area contributed by atoms with Crippen molar-refractivity contribution in [1.82, 2.24) is 9.80 Å². The maximum atomic E-state index is 13.6. The van der Waals surface area contributed by atoms with Crippen molar-refractivity contribution in [2.24, 2.45) is 0 Å². The van der Waals surface area contributed by atoms with Gasteiger partial charge in [-0.15, -0.1) is 11.3 Å². The van der Waals surface area contributed by atoms with Crippen molar-refractivity contribution in [3.63, 3.8) is 0 Å². The van der Waals surface area contributed by atoms with Crippen molar-refractivity contribution in [2.45, 2.75) is 26.1 Å². The lowest BCUT2D eigenvalue weighted by molar-refractivity contribution is -0.137. The number of rotatable bonds is 13. The molecule has 3 aromatic rings. The van der Waals surface area contributed by atoms with E-state index in [1.165, 1.54) is 12.0 Å². The topological polar surface area (TPSA) is 68.3 Å². The number of carbonyl (C=O) groups is 2. The molecule has 0 unspecified atom stereocenters. The summed E-state index contributed by atoms with van der Waals surface area (Å²) in [4.78, 5) is 31.9. The molecule has 0 spiro atoms. The predicted octanol–water partition coefficient (Wildman–Crippen LogP) is 5.45. The fourth-order valence-corrected chi connectivity index (χ4v) is 4.96. The molecule has 0 saturated heterocycles. The van der Waals surface area contributed by atoms with Crippen LogP contribution in [0.5, 0.6) is 11.5 Å². The van der Waals surface area contributed by atoms with E-state index in [2.05, 4.69) is 0 Å². The number of carbonyl (C=O) groups excluding carboxylic acids is 2. The lowest BCUT2D eigenvalue weighted by Crippen LogP contribution is -2.44. The normalized spacial score (nSPS) is 11.3. The first-order valence-electron chi connectivity index (χ1n) is 12.5. The highest BCUT2D eigenvalue weighted by Crippen LogP contribution is 2.30. The summed E-state index contributed by atoms with van der Waals surface area (Å²) in [6.07, 6.45) is -3.98. The minimum atomic E-state index is -4.51. The van der Waals surface area contributed by atoms with Crippen LogP contribution in [0.25, 0.3) is 0 Å². The van der Waals surface area contributed by atoms with Gasteiger partial charge in [0.25, 0.3) is 5.91 Å². The van der Waals surface area contributed by atoms with Gasteiger partial charge in [0.15, 0.2) is 11.5 Å². The molecule has 2 amide bonds. The number of methoxy groups -OCH3 is 3. The van der Waals surface area contributed by atoms with Gasteiger partial charge in [-0.25, -0.2) is 0 Å². The number of hydrogen-bond donors (Lipinski definition) is 0. The summed E-state index contributed by atoms with van der Waals surface area (Å²) in [6.45, 7) is 2.73. The number of hydrogen-bond acceptors (Lipinski definition) is 6. The maximum Gasteiger partial charge on any atom is 0.416 e. The van der Waals surface area contributed by atoms with E-state index in [0.717, 1.165) is 39.6 Å². The highest BCUT2D eigenvalue weighted by molar-refractivity contribution is 7.11. The Morgan fingerprint density at radius 3 is 2.15 bits per heavy atom. The van der Waals surface area contributed by atoms with Gasteiger partial charge < -0.3 is 24.0 Å². The van der Waals surface area contributed by atoms with Crippen LogP contribution < -0.4 is 9.47 Å². The van der Waals surface area contributed by atoms with Crippen molar-refractivity contribution in [2.75, 3.05) is 47.6 Å². The minimum absolute atomic E-state index is 0.0580. The predicted molar refractivity (Wildman–Crippen MR) is 147 cm³/mol. The molecule has 0 aliphatic heterocycles. The van der Waals surface area contributed by atoms with Gasteiger partial charge in [-0.3, -0.25) is 9.59 Å². The minimum Gasteiger partial charge on any atom is -0.493 e. The molecule has 0 atom stereocenters. The molecule has 1 aromatic heterocycles. The molecule has 0 bridgehead atoms. The second-order valence-corrected chi connectivity index (χ2v) is 10.4. The summed E-state index contributed by atoms with van der Waals surface area (Å²) in [5, 5.41) is 0. The van der Waals surface area contributed by atoms with Crippen LogP contribution in [0.3, 0.4) is 0 Å². The SMILES string of the molecule is COCCN(CC(=O)N(CCc1ccc(OC)c(OC)c1)Cc1ccc(C)s1)C(=O)c1ccc(C(F)(F)F)cc1. The highest BCUT2D eigenvalue weighted by atomic mass is 32.1. The molecule has 0 radical (unpaired) electrons. The Balaban J connectivity index is 1.80. The quantitative estimate of drug-likeness (QED) is 0.270. The molecular weight excluding hydrogens is 545 g/mol. The zero-order chi connectivity index (χ0) is 29.3. The van der Waals surface area contributed by atoms with Crippen LogP contribution in [-0.2, 0) is 28.7 Å². The van der Waals surface area contributed by atoms with Crippen LogP contribution in [0, 0.1) is 6.92 Å². The van der Waals surface area contributed by atoms with Gasteiger partial charge in [0.2, 0.25) is 5.91 Å². The monoisotopic (exact) mass is 578 g/mol. The zero-order valence-electron chi connectivity index (χ0n) is 22.9. The van der Waals surface area contributed by atoms with Crippen LogP contribution in [-0.4, -0.2) is 69.2 Å². The zero-order valence-corrected chi connectivity index (χ0v) is 23.7. The summed E-state index contributed by atoms with van der Waals surface area (Å²) in [5.74, 6) is 0.345. The summed E-state index contributed by atoms with van der Waals surface area (Å²) >= 11 is 1.58. The van der Waals surface area contributed by atoms with E-state index in [4.69, 9.17) is 14.2 Å². The van der Waals surface area contributed by atoms with E-state index >= 15 is 0 Å². The van der Waals surface area contributed by atoms with E-state index in [9.17, 15) is 22.8 Å². The van der Waals surface area contributed by atoms with Crippen LogP contribution in [0.1, 0.15) is 31.2 Å². The van der Waals surface area contributed by atoms with Crippen LogP contribution in [0.2, 0.25) is 0 Å². The van der Waals surface area contributed by atoms with Gasteiger partial charge in [0.1, 0.15) is 6.54 Å². The second kappa shape index (κ2) is 14.2. The van der Waals surface area contributed by atoms with Gasteiger partial charge in [0.05, 0.1) is 32.9 Å². The lowest BCUT2D eigenvalue weighted by atomic mass is 10.1. The number of ether oxygens (including phenoxy) is 3. The average molecular weight is 579 g/mol. The Morgan fingerprint density at radius 2 is 1.57 bits per heavy atom. The lowest BCUT2D eigenvalue weighted by Gasteiger charge is -2.28. The van der Waals surface area contributed by atoms with E-state index < -0.39 is 17.6 Å². The molecule has 216 valence electrons. The number of alkyl halides is 3. The highest BCUT2D eigenvalue weighted by Gasteiger charge is 2.31. The first-order valence-corrected chi connectivity index (χ1v) is 13.4. The number of halogens is 3. The Labute approximate surface area is 236 Å². The van der Waals surface area contributed by atoms with Gasteiger partial charge in [0, 0.05) is 35.5 Å². The van der Waals surface area contributed by atoms with Crippen molar-refractivity contribution < 1.29 is 37.0 Å². The Bertz CT molecular complexity index is 1280. The molecule has 2 aromatic carbocycles. The van der Waals surface area contributed by atoms with Crippen LogP contribution in [0.4, 0.5) is 13.2 Å². The van der Waals surface area contributed by atoms with Crippen molar-refractivity contribution in [3.05, 3.63) is 81.0 Å². The van der Waals surface area contributed by atoms with Crippen molar-refractivity contribution in [1.29, 1.82) is 0 Å². The molecular formula is C29H33F3N2O5S. The first kappa shape index (κ1) is 31.0. The molecule has 7 nitrogen and oxygen atoms in total. The molecule has 11 heteroatoms. The molecule has 0 aliphatic rings. The van der Waals surface area contributed by atoms with Crippen molar-refractivity contribution in [3.8, 4) is 11.5 Å². The van der Waals surface area contributed by atoms with Gasteiger partial charge in [-0.1, -0.05) is 6.07 Å². The van der Waals surface area contributed by atoms with E-state index in [1.54, 1.807) is 36.5 Å². The van der Waals surface area contributed by atoms with Gasteiger partial charge >= 0.3 is 6.18 Å². The Morgan fingerprint density at radius 1 is 0.875 bits per heavy atom. The number of thiophene rings is 1. The molecule has 0 N–H and O–H groups in total. The fourth-order valence-electron chi connectivity index (χ4n) is 4.05. The van der Waals surface area contributed by atoms with Gasteiger partial charge in [-0.2, -0.15) is 13.2 Å². The fraction of sp³-hybridized carbons (Fsp3) is 0.379. The summed E-state index contributed by atoms with van der Waals surface area (Å²) in [6, 6.07) is 13.5. The molecule has 0 fully saturated rings. The molecule has 0 saturated carbocycles. The number of amides is 2. The van der Waals surface area contributed by atoms with Crippen LogP contribution >= 0.6 is 11.3 Å². The average Bonchev–Trinajstić information content (AvgIpc) is 3.36. The third-order valence-corrected chi connectivity index (χ3v) is 7.24. The summed E-state index contributed by atoms with van der Waals surface area (Å²) in [7, 11) is 4.58. The van der Waals surface area contributed by atoms with Crippen molar-refractivity contribution >= 4 is 23.2 Å². The first-order chi connectivity index (χ1) is 19.0. The third-order valence-electron chi connectivity index (χ3n) is 6.25. The Hall–Kier alpha value is -3.57. The third kappa shape index (κ3) is 8.46. The standard InChI is InChI=1S/C29H33F3N2O5S/c1-20-5-11-24(40-20)18-33(14-13-21-6-12-25(38-3)26(17-21)39-4)27(35)19-34(15-16-37-2)28(36)22-7-9-23(10-8-22)29(30,31)32/h5-12,17H,13-16,18-19H2,1-4H3. The molecule has 0 aliphatic carbocycles. The largest absolute Gasteiger partial charge is 0.493 e. The number of nitrogens with zero attached hydrogens (tertiary/aromatic N) is 2. The Kier molecular flexibility index (Phi) is 11.0. The smallest absolute Gasteiger partial charge is 0.416 e. The number of aryl methyl sites for hydroxylation is 1. The second-order valence-electron chi connectivity index (χ2n) is 9.06. The van der Waals surface area contributed by atoms with E-state index in [-0.39, 0.29) is 31.2 Å². The summed E-state index contributed by atoms with van der Waals surface area (Å²) < 4.78 is 54.8. The number of benzene rings is 2. The molecule has 1 heterocycles. The van der Waals surface area contributed by atoms with Gasteiger partial charge in [-0.05, 0) is 67.4 Å². The van der Waals surface area contributed by atoms with Crippen LogP contribution in [0.15, 0.2) is 54.6 Å². The van der Waals surface area contributed by atoms with E-state index in [1.807, 2.05) is 31.2 Å². The van der Waals surface area contributed by atoms with E-state index in [0.29, 0.717) is 31.0 Å². The molecule has 3 rings (SSSR count). The summed E-state index contributed by atoms with van der Waals surface area (Å²) in [5.41, 5.74) is 0.147.